The van der Waals surface area contributed by atoms with Crippen LogP contribution in [-0.4, -0.2) is 15.0 Å². The van der Waals surface area contributed by atoms with Crippen molar-refractivity contribution in [2.24, 2.45) is 0 Å². The second kappa shape index (κ2) is 13.6. The molecular formula is C43H35IrN3O-2. The summed E-state index contributed by atoms with van der Waals surface area (Å²) in [5, 5.41) is 4.56. The van der Waals surface area contributed by atoms with E-state index in [1.807, 2.05) is 73.8 Å². The summed E-state index contributed by atoms with van der Waals surface area (Å²) in [6.07, 6.45) is 3.66. The number of aromatic nitrogens is 3. The van der Waals surface area contributed by atoms with Crippen LogP contribution in [0.15, 0.2) is 126 Å². The minimum absolute atomic E-state index is 0. The summed E-state index contributed by atoms with van der Waals surface area (Å²) in [4.78, 5) is 13.5. The van der Waals surface area contributed by atoms with Crippen molar-refractivity contribution in [3.8, 4) is 33.6 Å². The molecule has 0 aliphatic heterocycles. The van der Waals surface area contributed by atoms with Crippen molar-refractivity contribution in [3.63, 3.8) is 0 Å². The first kappa shape index (κ1) is 33.0. The number of benzene rings is 4. The first-order valence-electron chi connectivity index (χ1n) is 15.8. The van der Waals surface area contributed by atoms with E-state index in [1.165, 1.54) is 27.5 Å². The number of hydrogen-bond donors (Lipinski definition) is 0. The molecule has 4 nitrogen and oxygen atoms in total. The molecule has 0 spiro atoms. The summed E-state index contributed by atoms with van der Waals surface area (Å²) >= 11 is 0. The van der Waals surface area contributed by atoms with Crippen molar-refractivity contribution in [3.05, 3.63) is 151 Å². The van der Waals surface area contributed by atoms with Gasteiger partial charge in [0, 0.05) is 43.6 Å². The van der Waals surface area contributed by atoms with Crippen LogP contribution in [0.5, 0.6) is 0 Å². The van der Waals surface area contributed by atoms with Gasteiger partial charge in [-0.25, -0.2) is 4.98 Å². The van der Waals surface area contributed by atoms with E-state index in [0.717, 1.165) is 50.1 Å². The molecule has 0 aliphatic carbocycles. The van der Waals surface area contributed by atoms with Gasteiger partial charge in [0.1, 0.15) is 0 Å². The molecule has 48 heavy (non-hydrogen) atoms. The molecule has 0 saturated carbocycles. The summed E-state index contributed by atoms with van der Waals surface area (Å²) in [5.41, 5.74) is 11.1. The Balaban J connectivity index is 0.000000260. The topological polar surface area (TPSA) is 51.8 Å². The smallest absolute Gasteiger partial charge is 0.216 e. The first-order chi connectivity index (χ1) is 22.7. The number of hydrogen-bond acceptors (Lipinski definition) is 4. The second-order valence-corrected chi connectivity index (χ2v) is 12.9. The quantitative estimate of drug-likeness (QED) is 0.167. The third-order valence-electron chi connectivity index (χ3n) is 8.46. The number of aryl methyl sites for hydroxylation is 2. The first-order valence-corrected chi connectivity index (χ1v) is 15.8. The number of nitrogens with zero attached hydrogens (tertiary/aromatic N) is 3. The fraction of sp³-hybridized carbons (Fsp3) is 0.140. The van der Waals surface area contributed by atoms with E-state index in [1.54, 1.807) is 6.20 Å². The summed E-state index contributed by atoms with van der Waals surface area (Å²) < 4.78 is 6.20. The summed E-state index contributed by atoms with van der Waals surface area (Å²) in [5.74, 6) is 0. The van der Waals surface area contributed by atoms with Gasteiger partial charge in [0.2, 0.25) is 5.71 Å². The molecule has 0 amide bonds. The van der Waals surface area contributed by atoms with Crippen molar-refractivity contribution in [2.45, 2.75) is 40.0 Å². The Hall–Kier alpha value is -4.96. The third kappa shape index (κ3) is 6.71. The average molecular weight is 802 g/mol. The molecule has 0 fully saturated rings. The van der Waals surface area contributed by atoms with Crippen LogP contribution >= 0.6 is 0 Å². The van der Waals surface area contributed by atoms with Gasteiger partial charge in [-0.2, -0.15) is 0 Å². The number of fused-ring (bicyclic) bond motifs is 4. The predicted octanol–water partition coefficient (Wildman–Crippen LogP) is 11.1. The zero-order chi connectivity index (χ0) is 32.5. The maximum Gasteiger partial charge on any atom is 0.216 e. The Morgan fingerprint density at radius 2 is 1.50 bits per heavy atom. The molecule has 4 aromatic heterocycles. The van der Waals surface area contributed by atoms with E-state index < -0.39 is 0 Å². The summed E-state index contributed by atoms with van der Waals surface area (Å²) in [6.45, 7) is 10.9. The molecular weight excluding hydrogens is 767 g/mol. The van der Waals surface area contributed by atoms with E-state index in [0.29, 0.717) is 5.71 Å². The maximum absolute atomic E-state index is 6.20. The van der Waals surface area contributed by atoms with Crippen LogP contribution in [0.1, 0.15) is 37.6 Å². The van der Waals surface area contributed by atoms with Gasteiger partial charge < -0.3 is 14.4 Å². The molecule has 4 aromatic carbocycles. The van der Waals surface area contributed by atoms with Crippen LogP contribution < -0.4 is 0 Å². The van der Waals surface area contributed by atoms with Crippen LogP contribution in [0.25, 0.3) is 66.5 Å². The zero-order valence-electron chi connectivity index (χ0n) is 27.6. The van der Waals surface area contributed by atoms with Gasteiger partial charge in [-0.15, -0.1) is 54.1 Å². The summed E-state index contributed by atoms with van der Waals surface area (Å²) in [7, 11) is 0. The van der Waals surface area contributed by atoms with E-state index in [-0.39, 0.29) is 25.5 Å². The van der Waals surface area contributed by atoms with Crippen LogP contribution in [0, 0.1) is 26.0 Å². The van der Waals surface area contributed by atoms with Gasteiger partial charge >= 0.3 is 0 Å². The van der Waals surface area contributed by atoms with Gasteiger partial charge in [-0.1, -0.05) is 74.2 Å². The van der Waals surface area contributed by atoms with Gasteiger partial charge in [0.15, 0.2) is 0 Å². The Morgan fingerprint density at radius 3 is 2.27 bits per heavy atom. The Bertz CT molecular complexity index is 2320. The molecule has 0 atom stereocenters. The van der Waals surface area contributed by atoms with Crippen LogP contribution in [0.3, 0.4) is 0 Å². The second-order valence-electron chi connectivity index (χ2n) is 12.9. The molecule has 0 aliphatic rings. The molecule has 8 rings (SSSR count). The van der Waals surface area contributed by atoms with Crippen LogP contribution in [0.4, 0.5) is 0 Å². The fourth-order valence-electron chi connectivity index (χ4n) is 5.90. The van der Waals surface area contributed by atoms with Crippen molar-refractivity contribution < 1.29 is 24.5 Å². The van der Waals surface area contributed by atoms with E-state index in [9.17, 15) is 0 Å². The fourth-order valence-corrected chi connectivity index (χ4v) is 5.90. The van der Waals surface area contributed by atoms with E-state index in [4.69, 9.17) is 9.40 Å². The molecule has 0 N–H and O–H groups in total. The standard InChI is InChI=1S/C32H27N2O.C11H8N.Ir/c1-19-15-23-16-24(32(3,4)5)11-10-21(23)17-28(19)22-13-14-33-29(18-22)27-8-6-7-25-26-12-9-20(2)34-31(26)35-30(25)27;1-2-6-10(7-3-1)11-8-4-5-9-12-11;/h6-7,9-18H,1-5H3;1-6,8-9H;/q2*-1;. The van der Waals surface area contributed by atoms with E-state index in [2.05, 4.69) is 98.3 Å². The SMILES string of the molecule is Cc1ccc2c(n1)oc1c(-c3cc(-c4cc5ccc(C(C)(C)C)cc5cc4C)ccn3)[c-]ccc12.[Ir].[c-]1ccccc1-c1ccccn1. The molecule has 8 aromatic rings. The molecule has 0 saturated heterocycles. The van der Waals surface area contributed by atoms with Gasteiger partial charge in [-0.05, 0) is 94.0 Å². The van der Waals surface area contributed by atoms with Crippen molar-refractivity contribution in [1.82, 2.24) is 15.0 Å². The molecule has 0 unspecified atom stereocenters. The number of rotatable bonds is 3. The van der Waals surface area contributed by atoms with Gasteiger partial charge in [0.25, 0.3) is 0 Å². The minimum Gasteiger partial charge on any atom is -0.486 e. The molecule has 239 valence electrons. The minimum atomic E-state index is 0. The Labute approximate surface area is 295 Å². The predicted molar refractivity (Wildman–Crippen MR) is 193 cm³/mol. The number of furan rings is 1. The Kier molecular flexibility index (Phi) is 9.37. The largest absolute Gasteiger partial charge is 0.486 e. The normalized spacial score (nSPS) is 11.3. The average Bonchev–Trinajstić information content (AvgIpc) is 3.46. The molecule has 0 bridgehead atoms. The maximum atomic E-state index is 6.20. The number of pyridine rings is 3. The molecule has 4 heterocycles. The van der Waals surface area contributed by atoms with Gasteiger partial charge in [0.05, 0.1) is 5.58 Å². The Morgan fingerprint density at radius 1 is 0.667 bits per heavy atom. The molecule has 5 heteroatoms. The summed E-state index contributed by atoms with van der Waals surface area (Å²) in [6, 6.07) is 43.8. The van der Waals surface area contributed by atoms with Gasteiger partial charge in [-0.3, -0.25) is 0 Å². The molecule has 1 radical (unpaired) electrons. The van der Waals surface area contributed by atoms with Crippen molar-refractivity contribution in [1.29, 1.82) is 0 Å². The zero-order valence-corrected chi connectivity index (χ0v) is 30.0. The van der Waals surface area contributed by atoms with E-state index >= 15 is 0 Å². The van der Waals surface area contributed by atoms with Crippen molar-refractivity contribution >= 4 is 32.8 Å². The van der Waals surface area contributed by atoms with Crippen LogP contribution in [-0.2, 0) is 25.5 Å². The van der Waals surface area contributed by atoms with Crippen molar-refractivity contribution in [2.75, 3.05) is 0 Å². The van der Waals surface area contributed by atoms with Crippen LogP contribution in [0.2, 0.25) is 0 Å². The third-order valence-corrected chi connectivity index (χ3v) is 8.46. The monoisotopic (exact) mass is 802 g/mol.